The molecule has 0 saturated heterocycles. The Morgan fingerprint density at radius 2 is 2.03 bits per heavy atom. The molecular weight excluding hydrogens is 408 g/mol. The van der Waals surface area contributed by atoms with E-state index in [9.17, 15) is 9.59 Å². The fourth-order valence-electron chi connectivity index (χ4n) is 3.30. The van der Waals surface area contributed by atoms with Gasteiger partial charge in [0.15, 0.2) is 5.16 Å². The first kappa shape index (κ1) is 19.7. The third-order valence-corrected chi connectivity index (χ3v) is 7.09. The van der Waals surface area contributed by atoms with Crippen LogP contribution in [0.3, 0.4) is 0 Å². The van der Waals surface area contributed by atoms with E-state index in [2.05, 4.69) is 0 Å². The molecule has 0 spiro atoms. The van der Waals surface area contributed by atoms with E-state index in [-0.39, 0.29) is 5.56 Å². The number of aromatic nitrogens is 2. The summed E-state index contributed by atoms with van der Waals surface area (Å²) < 4.78 is 12.2. The first-order valence-electron chi connectivity index (χ1n) is 9.17. The molecule has 4 aromatic rings. The van der Waals surface area contributed by atoms with E-state index in [1.54, 1.807) is 29.1 Å². The fraction of sp³-hybridized carbons (Fsp3) is 0.286. The summed E-state index contributed by atoms with van der Waals surface area (Å²) in [6, 6.07) is 6.91. The van der Waals surface area contributed by atoms with E-state index in [0.717, 1.165) is 26.2 Å². The highest BCUT2D eigenvalue weighted by Gasteiger charge is 2.17. The molecule has 0 unspecified atom stereocenters. The number of methoxy groups -OCH3 is 1. The molecule has 0 radical (unpaired) electrons. The molecule has 0 aliphatic carbocycles. The van der Waals surface area contributed by atoms with Crippen molar-refractivity contribution in [2.24, 2.45) is 0 Å². The summed E-state index contributed by atoms with van der Waals surface area (Å²) in [5.74, 6) is 1.12. The molecular formula is C21H20N2O4S2. The van der Waals surface area contributed by atoms with E-state index < -0.39 is 5.63 Å². The molecule has 1 aromatic carbocycles. The van der Waals surface area contributed by atoms with Crippen LogP contribution < -0.4 is 15.9 Å². The lowest BCUT2D eigenvalue weighted by atomic mass is 10.1. The van der Waals surface area contributed by atoms with Crippen molar-refractivity contribution in [2.45, 2.75) is 38.2 Å². The predicted molar refractivity (Wildman–Crippen MR) is 118 cm³/mol. The molecule has 0 amide bonds. The third-order valence-electron chi connectivity index (χ3n) is 4.96. The average molecular weight is 429 g/mol. The quantitative estimate of drug-likeness (QED) is 0.265. The topological polar surface area (TPSA) is 74.3 Å². The monoisotopic (exact) mass is 428 g/mol. The zero-order valence-corrected chi connectivity index (χ0v) is 18.2. The van der Waals surface area contributed by atoms with Crippen molar-refractivity contribution in [2.75, 3.05) is 7.11 Å². The van der Waals surface area contributed by atoms with E-state index in [1.807, 2.05) is 32.9 Å². The number of ether oxygens (including phenoxy) is 1. The maximum absolute atomic E-state index is 13.0. The van der Waals surface area contributed by atoms with Crippen LogP contribution in [-0.4, -0.2) is 16.7 Å². The summed E-state index contributed by atoms with van der Waals surface area (Å²) in [5, 5.41) is 2.20. The summed E-state index contributed by atoms with van der Waals surface area (Å²) in [7, 11) is 1.57. The van der Waals surface area contributed by atoms with Gasteiger partial charge in [0, 0.05) is 34.7 Å². The van der Waals surface area contributed by atoms with Gasteiger partial charge in [0.2, 0.25) is 0 Å². The average Bonchev–Trinajstić information content (AvgIpc) is 2.99. The second-order valence-corrected chi connectivity index (χ2v) is 8.79. The van der Waals surface area contributed by atoms with Crippen LogP contribution in [-0.2, 0) is 12.3 Å². The van der Waals surface area contributed by atoms with Crippen molar-refractivity contribution in [1.29, 1.82) is 0 Å². The van der Waals surface area contributed by atoms with E-state index in [4.69, 9.17) is 14.1 Å². The van der Waals surface area contributed by atoms with Crippen molar-refractivity contribution < 1.29 is 9.15 Å². The van der Waals surface area contributed by atoms with Crippen molar-refractivity contribution >= 4 is 44.3 Å². The highest BCUT2D eigenvalue weighted by Crippen LogP contribution is 2.31. The number of aryl methyl sites for hydroxylation is 2. The van der Waals surface area contributed by atoms with Crippen LogP contribution in [0.4, 0.5) is 0 Å². The minimum atomic E-state index is -0.415. The number of rotatable bonds is 5. The minimum Gasteiger partial charge on any atom is -0.497 e. The molecule has 6 nitrogen and oxygen atoms in total. The van der Waals surface area contributed by atoms with Gasteiger partial charge in [-0.05, 0) is 44.0 Å². The Hall–Kier alpha value is -2.58. The predicted octanol–water partition coefficient (Wildman–Crippen LogP) is 4.50. The number of nitrogens with zero attached hydrogens (tertiary/aromatic N) is 2. The van der Waals surface area contributed by atoms with Gasteiger partial charge in [-0.3, -0.25) is 9.36 Å². The lowest BCUT2D eigenvalue weighted by Gasteiger charge is -2.11. The van der Waals surface area contributed by atoms with Crippen LogP contribution >= 0.6 is 23.1 Å². The van der Waals surface area contributed by atoms with E-state index >= 15 is 0 Å². The highest BCUT2D eigenvalue weighted by atomic mass is 32.2. The van der Waals surface area contributed by atoms with Gasteiger partial charge in [-0.2, -0.15) is 0 Å². The van der Waals surface area contributed by atoms with Crippen molar-refractivity contribution in [3.8, 4) is 5.75 Å². The molecule has 0 atom stereocenters. The number of thiophene rings is 1. The molecule has 150 valence electrons. The molecule has 0 N–H and O–H groups in total. The van der Waals surface area contributed by atoms with Crippen LogP contribution in [0.2, 0.25) is 0 Å². The molecule has 0 fully saturated rings. The summed E-state index contributed by atoms with van der Waals surface area (Å²) in [5.41, 5.74) is 1.89. The molecule has 3 heterocycles. The molecule has 0 saturated carbocycles. The van der Waals surface area contributed by atoms with Crippen molar-refractivity contribution in [1.82, 2.24) is 9.55 Å². The van der Waals surface area contributed by atoms with Gasteiger partial charge in [0.05, 0.1) is 12.5 Å². The maximum atomic E-state index is 13.0. The van der Waals surface area contributed by atoms with Gasteiger partial charge in [-0.15, -0.1) is 11.3 Å². The van der Waals surface area contributed by atoms with Gasteiger partial charge in [-0.1, -0.05) is 11.8 Å². The third kappa shape index (κ3) is 3.47. The largest absolute Gasteiger partial charge is 0.497 e. The lowest BCUT2D eigenvalue weighted by Crippen LogP contribution is -2.22. The second kappa shape index (κ2) is 7.68. The molecule has 0 aliphatic rings. The fourth-order valence-corrected chi connectivity index (χ4v) is 5.42. The van der Waals surface area contributed by atoms with Crippen molar-refractivity contribution in [3.63, 3.8) is 0 Å². The summed E-state index contributed by atoms with van der Waals surface area (Å²) in [6.07, 6.45) is 0. The Morgan fingerprint density at radius 1 is 1.24 bits per heavy atom. The summed E-state index contributed by atoms with van der Waals surface area (Å²) in [6.45, 7) is 6.45. The van der Waals surface area contributed by atoms with Crippen molar-refractivity contribution in [3.05, 3.63) is 61.0 Å². The summed E-state index contributed by atoms with van der Waals surface area (Å²) >= 11 is 2.99. The molecule has 0 bridgehead atoms. The number of fused-ring (bicyclic) bond motifs is 2. The zero-order chi connectivity index (χ0) is 20.7. The van der Waals surface area contributed by atoms with E-state index in [0.29, 0.717) is 34.2 Å². The van der Waals surface area contributed by atoms with Crippen LogP contribution in [0, 0.1) is 13.8 Å². The number of hydrogen-bond acceptors (Lipinski definition) is 7. The minimum absolute atomic E-state index is 0.0102. The van der Waals surface area contributed by atoms with Crippen LogP contribution in [0.25, 0.3) is 21.2 Å². The van der Waals surface area contributed by atoms with Gasteiger partial charge >= 0.3 is 5.63 Å². The molecule has 0 aliphatic heterocycles. The molecule has 29 heavy (non-hydrogen) atoms. The normalized spacial score (nSPS) is 11.4. The van der Waals surface area contributed by atoms with Crippen LogP contribution in [0.1, 0.15) is 22.9 Å². The van der Waals surface area contributed by atoms with Gasteiger partial charge < -0.3 is 9.15 Å². The van der Waals surface area contributed by atoms with Gasteiger partial charge in [0.25, 0.3) is 5.56 Å². The first-order valence-corrected chi connectivity index (χ1v) is 11.0. The van der Waals surface area contributed by atoms with Crippen LogP contribution in [0.15, 0.2) is 43.4 Å². The Bertz CT molecular complexity index is 1350. The SMILES string of the molecule is CCn1c(SCc2cc(=O)oc3cc(OC)ccc23)nc2sc(C)c(C)c2c1=O. The van der Waals surface area contributed by atoms with E-state index in [1.165, 1.54) is 17.8 Å². The zero-order valence-electron chi connectivity index (χ0n) is 16.6. The number of benzene rings is 1. The smallest absolute Gasteiger partial charge is 0.336 e. The second-order valence-electron chi connectivity index (χ2n) is 6.65. The van der Waals surface area contributed by atoms with Crippen LogP contribution in [0.5, 0.6) is 5.75 Å². The maximum Gasteiger partial charge on any atom is 0.336 e. The number of hydrogen-bond donors (Lipinski definition) is 0. The standard InChI is InChI=1S/C21H20N2O4S2/c1-5-23-20(25)18-11(2)12(3)29-19(18)22-21(23)28-10-13-8-17(24)27-16-9-14(26-4)6-7-15(13)16/h6-9H,5,10H2,1-4H3. The molecule has 4 rings (SSSR count). The Labute approximate surface area is 175 Å². The van der Waals surface area contributed by atoms with Gasteiger partial charge in [0.1, 0.15) is 16.2 Å². The summed E-state index contributed by atoms with van der Waals surface area (Å²) in [4.78, 5) is 31.6. The Kier molecular flexibility index (Phi) is 5.23. The highest BCUT2D eigenvalue weighted by molar-refractivity contribution is 7.98. The molecule has 8 heteroatoms. The number of thioether (sulfide) groups is 1. The Balaban J connectivity index is 1.77. The first-order chi connectivity index (χ1) is 13.9. The lowest BCUT2D eigenvalue weighted by molar-refractivity contribution is 0.414. The molecule has 3 aromatic heterocycles. The Morgan fingerprint density at radius 3 is 2.76 bits per heavy atom. The van der Waals surface area contributed by atoms with Gasteiger partial charge in [-0.25, -0.2) is 9.78 Å².